The van der Waals surface area contributed by atoms with E-state index in [1.54, 1.807) is 7.05 Å². The molecular weight excluding hydrogens is 268 g/mol. The van der Waals surface area contributed by atoms with Gasteiger partial charge in [-0.2, -0.15) is 11.8 Å². The Bertz CT molecular complexity index is 435. The van der Waals surface area contributed by atoms with Crippen molar-refractivity contribution >= 4 is 40.0 Å². The molecule has 0 bridgehead atoms. The Kier molecular flexibility index (Phi) is 4.34. The van der Waals surface area contributed by atoms with Crippen LogP contribution in [-0.4, -0.2) is 46.9 Å². The minimum atomic E-state index is 0.0188. The molecule has 2 rings (SSSR count). The number of aromatic nitrogens is 1. The summed E-state index contributed by atoms with van der Waals surface area (Å²) in [5, 5.41) is 4.15. The maximum absolute atomic E-state index is 12.4. The van der Waals surface area contributed by atoms with Gasteiger partial charge in [-0.05, 0) is 6.42 Å². The molecule has 1 unspecified atom stereocenters. The number of thiazole rings is 1. The zero-order valence-corrected chi connectivity index (χ0v) is 12.2. The predicted molar refractivity (Wildman–Crippen MR) is 78.5 cm³/mol. The van der Waals surface area contributed by atoms with Crippen molar-refractivity contribution in [2.75, 3.05) is 36.9 Å². The number of carbonyl (C=O) groups is 1. The van der Waals surface area contributed by atoms with Crippen LogP contribution in [0.5, 0.6) is 0 Å². The van der Waals surface area contributed by atoms with E-state index in [1.165, 1.54) is 11.3 Å². The van der Waals surface area contributed by atoms with Gasteiger partial charge in [0.15, 0.2) is 5.13 Å². The van der Waals surface area contributed by atoms with Crippen molar-refractivity contribution in [1.29, 1.82) is 0 Å². The average molecular weight is 286 g/mol. The van der Waals surface area contributed by atoms with E-state index in [4.69, 9.17) is 5.73 Å². The summed E-state index contributed by atoms with van der Waals surface area (Å²) < 4.78 is 0. The molecule has 2 heterocycles. The zero-order chi connectivity index (χ0) is 13.1. The third-order valence-corrected chi connectivity index (χ3v) is 5.39. The van der Waals surface area contributed by atoms with Crippen molar-refractivity contribution in [1.82, 2.24) is 9.88 Å². The lowest BCUT2D eigenvalue weighted by molar-refractivity contribution is 0.0766. The van der Waals surface area contributed by atoms with E-state index >= 15 is 0 Å². The largest absolute Gasteiger partial charge is 0.382 e. The lowest BCUT2D eigenvalue weighted by atomic mass is 10.3. The molecule has 100 valence electrons. The molecule has 0 aliphatic carbocycles. The van der Waals surface area contributed by atoms with E-state index in [-0.39, 0.29) is 5.91 Å². The summed E-state index contributed by atoms with van der Waals surface area (Å²) in [5.74, 6) is 1.35. The minimum absolute atomic E-state index is 0.0188. The summed E-state index contributed by atoms with van der Waals surface area (Å²) >= 11 is 3.27. The fourth-order valence-electron chi connectivity index (χ4n) is 1.89. The quantitative estimate of drug-likeness (QED) is 0.885. The highest BCUT2D eigenvalue weighted by molar-refractivity contribution is 8.00. The third kappa shape index (κ3) is 2.72. The van der Waals surface area contributed by atoms with Gasteiger partial charge >= 0.3 is 0 Å². The number of nitrogen functional groups attached to an aromatic ring is 1. The summed E-state index contributed by atoms with van der Waals surface area (Å²) in [6.07, 6.45) is 1.09. The molecule has 1 aromatic rings. The number of thioether (sulfide) groups is 1. The van der Waals surface area contributed by atoms with Crippen molar-refractivity contribution in [2.45, 2.75) is 18.6 Å². The summed E-state index contributed by atoms with van der Waals surface area (Å²) in [7, 11) is 1.77. The first kappa shape index (κ1) is 13.5. The number of rotatable bonds is 3. The summed E-state index contributed by atoms with van der Waals surface area (Å²) in [6, 6.07) is 0. The highest BCUT2D eigenvalue weighted by Gasteiger charge is 2.27. The van der Waals surface area contributed by atoms with E-state index in [0.29, 0.717) is 21.1 Å². The Labute approximate surface area is 115 Å². The number of nitrogens with one attached hydrogen (secondary N) is 1. The van der Waals surface area contributed by atoms with E-state index in [9.17, 15) is 4.79 Å². The van der Waals surface area contributed by atoms with Gasteiger partial charge in [0.05, 0.1) is 0 Å². The molecule has 7 heteroatoms. The van der Waals surface area contributed by atoms with Crippen molar-refractivity contribution in [3.63, 3.8) is 0 Å². The molecule has 1 fully saturated rings. The maximum atomic E-state index is 12.4. The third-order valence-electron chi connectivity index (χ3n) is 2.94. The molecule has 1 amide bonds. The number of hydrogen-bond acceptors (Lipinski definition) is 6. The van der Waals surface area contributed by atoms with Gasteiger partial charge in [0.1, 0.15) is 10.7 Å². The Balaban J connectivity index is 2.12. The minimum Gasteiger partial charge on any atom is -0.382 e. The number of nitrogens with two attached hydrogens (primary N) is 1. The van der Waals surface area contributed by atoms with Crippen LogP contribution in [0.15, 0.2) is 0 Å². The first-order valence-electron chi connectivity index (χ1n) is 6.00. The smallest absolute Gasteiger partial charge is 0.267 e. The second kappa shape index (κ2) is 5.79. The molecule has 1 saturated heterocycles. The molecule has 1 atom stereocenters. The Morgan fingerprint density at radius 3 is 3.06 bits per heavy atom. The average Bonchev–Trinajstić information content (AvgIpc) is 2.79. The summed E-state index contributed by atoms with van der Waals surface area (Å²) in [5.41, 5.74) is 5.80. The van der Waals surface area contributed by atoms with Gasteiger partial charge in [0.25, 0.3) is 5.91 Å². The van der Waals surface area contributed by atoms with Crippen molar-refractivity contribution in [2.24, 2.45) is 0 Å². The van der Waals surface area contributed by atoms with E-state index in [0.717, 1.165) is 25.3 Å². The van der Waals surface area contributed by atoms with Crippen LogP contribution in [0.3, 0.4) is 0 Å². The topological polar surface area (TPSA) is 71.2 Å². The van der Waals surface area contributed by atoms with Crippen LogP contribution >= 0.6 is 23.1 Å². The molecule has 5 nitrogen and oxygen atoms in total. The predicted octanol–water partition coefficient (Wildman–Crippen LogP) is 1.73. The van der Waals surface area contributed by atoms with Gasteiger partial charge < -0.3 is 16.0 Å². The first-order valence-corrected chi connectivity index (χ1v) is 7.87. The molecule has 1 aliphatic heterocycles. The van der Waals surface area contributed by atoms with Gasteiger partial charge in [0, 0.05) is 31.1 Å². The zero-order valence-electron chi connectivity index (χ0n) is 10.6. The number of carbonyl (C=O) groups excluding carboxylic acids is 1. The normalized spacial score (nSPS) is 19.9. The number of amides is 1. The molecule has 0 aromatic carbocycles. The van der Waals surface area contributed by atoms with Crippen LogP contribution in [0, 0.1) is 0 Å². The molecule has 3 N–H and O–H groups in total. The lowest BCUT2D eigenvalue weighted by Crippen LogP contribution is -2.41. The highest BCUT2D eigenvalue weighted by atomic mass is 32.2. The number of hydrogen-bond donors (Lipinski definition) is 2. The fraction of sp³-hybridized carbons (Fsp3) is 0.636. The molecule has 18 heavy (non-hydrogen) atoms. The fourth-order valence-corrected chi connectivity index (χ4v) is 3.87. The van der Waals surface area contributed by atoms with Crippen molar-refractivity contribution in [3.8, 4) is 0 Å². The van der Waals surface area contributed by atoms with Crippen molar-refractivity contribution < 1.29 is 4.79 Å². The van der Waals surface area contributed by atoms with Gasteiger partial charge in [-0.1, -0.05) is 18.3 Å². The highest BCUT2D eigenvalue weighted by Crippen LogP contribution is 2.28. The van der Waals surface area contributed by atoms with Crippen LogP contribution < -0.4 is 11.1 Å². The number of anilines is 2. The van der Waals surface area contributed by atoms with Gasteiger partial charge in [-0.25, -0.2) is 4.98 Å². The van der Waals surface area contributed by atoms with Crippen LogP contribution in [-0.2, 0) is 0 Å². The molecule has 0 spiro atoms. The summed E-state index contributed by atoms with van der Waals surface area (Å²) in [6.45, 7) is 3.77. The van der Waals surface area contributed by atoms with Crippen LogP contribution in [0.25, 0.3) is 0 Å². The SMILES string of the molecule is CCC1CN(C(=O)c2sc(NC)nc2N)CCS1. The van der Waals surface area contributed by atoms with Gasteiger partial charge in [-0.15, -0.1) is 0 Å². The standard InChI is InChI=1S/C11H18N4OS2/c1-3-7-6-15(4-5-17-7)10(16)8-9(12)14-11(13-2)18-8/h7H,3-6,12H2,1-2H3,(H,13,14). The van der Waals surface area contributed by atoms with Crippen LogP contribution in [0.2, 0.25) is 0 Å². The van der Waals surface area contributed by atoms with Gasteiger partial charge in [0.2, 0.25) is 0 Å². The Hall–Kier alpha value is -0.950. The lowest BCUT2D eigenvalue weighted by Gasteiger charge is -2.31. The van der Waals surface area contributed by atoms with Crippen molar-refractivity contribution in [3.05, 3.63) is 4.88 Å². The maximum Gasteiger partial charge on any atom is 0.267 e. The van der Waals surface area contributed by atoms with E-state index in [2.05, 4.69) is 17.2 Å². The Morgan fingerprint density at radius 2 is 2.44 bits per heavy atom. The first-order chi connectivity index (χ1) is 8.65. The molecule has 0 saturated carbocycles. The molecular formula is C11H18N4OS2. The second-order valence-corrected chi connectivity index (χ2v) is 6.54. The molecule has 0 radical (unpaired) electrons. The monoisotopic (exact) mass is 286 g/mol. The summed E-state index contributed by atoms with van der Waals surface area (Å²) in [4.78, 5) is 19.0. The van der Waals surface area contributed by atoms with E-state index < -0.39 is 0 Å². The Morgan fingerprint density at radius 1 is 1.67 bits per heavy atom. The van der Waals surface area contributed by atoms with Crippen LogP contribution in [0.1, 0.15) is 23.0 Å². The molecule has 1 aromatic heterocycles. The second-order valence-electron chi connectivity index (χ2n) is 4.14. The van der Waals surface area contributed by atoms with Gasteiger partial charge in [-0.3, -0.25) is 4.79 Å². The van der Waals surface area contributed by atoms with Crippen LogP contribution in [0.4, 0.5) is 10.9 Å². The number of nitrogens with zero attached hydrogens (tertiary/aromatic N) is 2. The molecule has 1 aliphatic rings. The van der Waals surface area contributed by atoms with E-state index in [1.807, 2.05) is 16.7 Å².